The van der Waals surface area contributed by atoms with E-state index in [-0.39, 0.29) is 6.17 Å². The summed E-state index contributed by atoms with van der Waals surface area (Å²) in [6.07, 6.45) is 1.70. The van der Waals surface area contributed by atoms with E-state index >= 15 is 0 Å². The van der Waals surface area contributed by atoms with Crippen molar-refractivity contribution in [2.24, 2.45) is 5.10 Å². The Morgan fingerprint density at radius 2 is 1.93 bits per heavy atom. The van der Waals surface area contributed by atoms with Crippen LogP contribution in [0.3, 0.4) is 0 Å². The van der Waals surface area contributed by atoms with Gasteiger partial charge >= 0.3 is 0 Å². The van der Waals surface area contributed by atoms with Gasteiger partial charge in [0, 0.05) is 22.2 Å². The number of benzene rings is 2. The average molecular weight is 371 g/mol. The van der Waals surface area contributed by atoms with Gasteiger partial charge < -0.3 is 9.72 Å². The first kappa shape index (κ1) is 16.6. The lowest BCUT2D eigenvalue weighted by atomic mass is 10.1. The van der Waals surface area contributed by atoms with Gasteiger partial charge in [0.15, 0.2) is 6.17 Å². The van der Waals surface area contributed by atoms with Crippen LogP contribution in [0, 0.1) is 13.8 Å². The second-order valence-electron chi connectivity index (χ2n) is 7.10. The molecule has 2 aromatic carbocycles. The highest BCUT2D eigenvalue weighted by molar-refractivity contribution is 6.01. The van der Waals surface area contributed by atoms with E-state index in [2.05, 4.69) is 57.9 Å². The zero-order valence-corrected chi connectivity index (χ0v) is 15.8. The third-order valence-corrected chi connectivity index (χ3v) is 5.04. The fraction of sp³-hybridized carbons (Fsp3) is 0.182. The lowest BCUT2D eigenvalue weighted by molar-refractivity contribution is 0.306. The Morgan fingerprint density at radius 1 is 1.07 bits per heavy atom. The predicted molar refractivity (Wildman–Crippen MR) is 110 cm³/mol. The Morgan fingerprint density at radius 3 is 2.71 bits per heavy atom. The number of hydrazone groups is 1. The molecule has 2 aromatic heterocycles. The van der Waals surface area contributed by atoms with Crippen LogP contribution in [0.5, 0.6) is 5.75 Å². The Bertz CT molecular complexity index is 1170. The van der Waals surface area contributed by atoms with Gasteiger partial charge in [0.05, 0.1) is 17.6 Å². The predicted octanol–water partition coefficient (Wildman–Crippen LogP) is 4.04. The summed E-state index contributed by atoms with van der Waals surface area (Å²) in [7, 11) is 0. The molecule has 1 aliphatic rings. The number of hydrogen-bond acceptors (Lipinski definition) is 4. The number of H-pyrrole nitrogens is 1. The number of aryl methyl sites for hydroxylation is 2. The molecule has 1 unspecified atom stereocenters. The van der Waals surface area contributed by atoms with Crippen LogP contribution >= 0.6 is 0 Å². The smallest absolute Gasteiger partial charge is 0.177 e. The minimum Gasteiger partial charge on any atom is -0.489 e. The van der Waals surface area contributed by atoms with E-state index in [1.54, 1.807) is 0 Å². The normalized spacial score (nSPS) is 15.4. The Kier molecular flexibility index (Phi) is 3.90. The summed E-state index contributed by atoms with van der Waals surface area (Å²) in [6.45, 7) is 4.60. The summed E-state index contributed by atoms with van der Waals surface area (Å²) in [5.41, 5.74) is 9.57. The number of aromatic amines is 1. The molecule has 4 aromatic rings. The molecule has 1 aliphatic heterocycles. The molecule has 0 bridgehead atoms. The maximum absolute atomic E-state index is 6.00. The van der Waals surface area contributed by atoms with Crippen molar-refractivity contribution in [3.05, 3.63) is 82.8 Å². The summed E-state index contributed by atoms with van der Waals surface area (Å²) < 4.78 is 7.97. The monoisotopic (exact) mass is 371 g/mol. The minimum absolute atomic E-state index is 0.158. The highest BCUT2D eigenvalue weighted by Crippen LogP contribution is 2.31. The fourth-order valence-corrected chi connectivity index (χ4v) is 3.72. The number of aromatic nitrogens is 3. The summed E-state index contributed by atoms with van der Waals surface area (Å²) in [5, 5.41) is 10.1. The highest BCUT2D eigenvalue weighted by atomic mass is 16.5. The molecule has 6 heteroatoms. The molecule has 0 radical (unpaired) electrons. The lowest BCUT2D eigenvalue weighted by Gasteiger charge is -2.21. The van der Waals surface area contributed by atoms with E-state index in [1.165, 1.54) is 0 Å². The van der Waals surface area contributed by atoms with Crippen LogP contribution in [0.2, 0.25) is 0 Å². The van der Waals surface area contributed by atoms with Crippen LogP contribution < -0.4 is 10.2 Å². The third kappa shape index (κ3) is 2.83. The molecule has 0 fully saturated rings. The van der Waals surface area contributed by atoms with Crippen molar-refractivity contribution in [2.75, 3.05) is 0 Å². The minimum atomic E-state index is -0.158. The molecule has 6 nitrogen and oxygen atoms in total. The SMILES string of the molecule is Cc1cc(C)n(C2NN=Cc3c2[nH]c2ccc(OCc4ccccc4)cc32)n1. The van der Waals surface area contributed by atoms with Gasteiger partial charge in [-0.3, -0.25) is 5.43 Å². The van der Waals surface area contributed by atoms with Crippen molar-refractivity contribution >= 4 is 17.1 Å². The zero-order chi connectivity index (χ0) is 19.1. The van der Waals surface area contributed by atoms with Crippen LogP contribution in [0.25, 0.3) is 10.9 Å². The second kappa shape index (κ2) is 6.56. The zero-order valence-electron chi connectivity index (χ0n) is 15.8. The first-order valence-electron chi connectivity index (χ1n) is 9.33. The van der Waals surface area contributed by atoms with E-state index < -0.39 is 0 Å². The molecular formula is C22H21N5O. The molecular weight excluding hydrogens is 350 g/mol. The number of nitrogens with one attached hydrogen (secondary N) is 2. The topological polar surface area (TPSA) is 67.2 Å². The summed E-state index contributed by atoms with van der Waals surface area (Å²) in [6, 6.07) is 18.4. The summed E-state index contributed by atoms with van der Waals surface area (Å²) >= 11 is 0. The molecule has 0 saturated carbocycles. The largest absolute Gasteiger partial charge is 0.489 e. The van der Waals surface area contributed by atoms with Gasteiger partial charge in [-0.05, 0) is 43.7 Å². The van der Waals surface area contributed by atoms with Crippen molar-refractivity contribution in [2.45, 2.75) is 26.6 Å². The maximum atomic E-state index is 6.00. The Labute approximate surface area is 162 Å². The van der Waals surface area contributed by atoms with Crippen LogP contribution in [0.1, 0.15) is 34.4 Å². The van der Waals surface area contributed by atoms with Gasteiger partial charge in [-0.1, -0.05) is 30.3 Å². The Balaban J connectivity index is 1.50. The van der Waals surface area contributed by atoms with Crippen molar-refractivity contribution in [3.8, 4) is 5.75 Å². The van der Waals surface area contributed by atoms with E-state index in [9.17, 15) is 0 Å². The van der Waals surface area contributed by atoms with Crippen molar-refractivity contribution in [1.82, 2.24) is 20.2 Å². The second-order valence-corrected chi connectivity index (χ2v) is 7.10. The molecule has 140 valence electrons. The van der Waals surface area contributed by atoms with E-state index in [0.29, 0.717) is 6.61 Å². The molecule has 0 spiro atoms. The van der Waals surface area contributed by atoms with Gasteiger partial charge in [-0.25, -0.2) is 4.68 Å². The Hall–Kier alpha value is -3.54. The van der Waals surface area contributed by atoms with Crippen molar-refractivity contribution in [1.29, 1.82) is 0 Å². The van der Waals surface area contributed by atoms with Crippen LogP contribution in [0.15, 0.2) is 59.7 Å². The summed E-state index contributed by atoms with van der Waals surface area (Å²) in [4.78, 5) is 3.53. The molecule has 1 atom stereocenters. The van der Waals surface area contributed by atoms with E-state index in [4.69, 9.17) is 4.74 Å². The van der Waals surface area contributed by atoms with E-state index in [0.717, 1.165) is 44.9 Å². The fourth-order valence-electron chi connectivity index (χ4n) is 3.72. The molecule has 0 amide bonds. The van der Waals surface area contributed by atoms with Gasteiger partial charge in [0.25, 0.3) is 0 Å². The van der Waals surface area contributed by atoms with Gasteiger partial charge in [0.1, 0.15) is 12.4 Å². The van der Waals surface area contributed by atoms with Crippen molar-refractivity contribution in [3.63, 3.8) is 0 Å². The number of fused-ring (bicyclic) bond motifs is 3. The summed E-state index contributed by atoms with van der Waals surface area (Å²) in [5.74, 6) is 0.841. The third-order valence-electron chi connectivity index (χ3n) is 5.04. The van der Waals surface area contributed by atoms with Crippen LogP contribution in [0.4, 0.5) is 0 Å². The lowest BCUT2D eigenvalue weighted by Crippen LogP contribution is -2.29. The van der Waals surface area contributed by atoms with E-state index in [1.807, 2.05) is 42.1 Å². The number of nitrogens with zero attached hydrogens (tertiary/aromatic N) is 3. The van der Waals surface area contributed by atoms with Gasteiger partial charge in [-0.15, -0.1) is 0 Å². The highest BCUT2D eigenvalue weighted by Gasteiger charge is 2.25. The maximum Gasteiger partial charge on any atom is 0.177 e. The average Bonchev–Trinajstić information content (AvgIpc) is 3.25. The first-order valence-corrected chi connectivity index (χ1v) is 9.33. The molecule has 2 N–H and O–H groups in total. The number of rotatable bonds is 4. The molecule has 3 heterocycles. The van der Waals surface area contributed by atoms with Crippen molar-refractivity contribution < 1.29 is 4.74 Å². The van der Waals surface area contributed by atoms with Gasteiger partial charge in [0.2, 0.25) is 0 Å². The van der Waals surface area contributed by atoms with Crippen LogP contribution in [-0.4, -0.2) is 21.0 Å². The molecule has 5 rings (SSSR count). The first-order chi connectivity index (χ1) is 13.7. The standard InChI is InChI=1S/C22H21N5O/c1-14-10-15(2)27(26-14)22-21-19(12-23-25-22)18-11-17(8-9-20(18)24-21)28-13-16-6-4-3-5-7-16/h3-12,22,24-25H,13H2,1-2H3. The number of ether oxygens (including phenoxy) is 1. The van der Waals surface area contributed by atoms with Crippen LogP contribution in [-0.2, 0) is 6.61 Å². The molecule has 0 aliphatic carbocycles. The van der Waals surface area contributed by atoms with Gasteiger partial charge in [-0.2, -0.15) is 10.2 Å². The molecule has 28 heavy (non-hydrogen) atoms. The quantitative estimate of drug-likeness (QED) is 0.569. The molecule has 0 saturated heterocycles. The number of hydrogen-bond donors (Lipinski definition) is 2.